The van der Waals surface area contributed by atoms with Gasteiger partial charge in [0, 0.05) is 17.5 Å². The number of amides is 1. The largest absolute Gasteiger partial charge is 0.482 e. The fourth-order valence-electron chi connectivity index (χ4n) is 3.06. The van der Waals surface area contributed by atoms with E-state index in [1.165, 1.54) is 23.5 Å². The number of hydrogen-bond donors (Lipinski definition) is 1. The molecule has 2 aromatic carbocycles. The van der Waals surface area contributed by atoms with Gasteiger partial charge in [-0.3, -0.25) is 9.52 Å². The highest BCUT2D eigenvalue weighted by molar-refractivity contribution is 7.93. The predicted molar refractivity (Wildman–Crippen MR) is 113 cm³/mol. The first-order valence-corrected chi connectivity index (χ1v) is 11.4. The van der Waals surface area contributed by atoms with Crippen LogP contribution in [-0.2, 0) is 14.8 Å². The maximum atomic E-state index is 12.5. The number of nitrogens with one attached hydrogen (secondary N) is 1. The van der Waals surface area contributed by atoms with Crippen LogP contribution in [0.25, 0.3) is 11.3 Å². The third kappa shape index (κ3) is 3.96. The number of sulfonamides is 1. The van der Waals surface area contributed by atoms with Gasteiger partial charge in [-0.1, -0.05) is 25.1 Å². The number of fused-ring (bicyclic) bond motifs is 1. The van der Waals surface area contributed by atoms with E-state index in [-0.39, 0.29) is 22.5 Å². The van der Waals surface area contributed by atoms with E-state index in [0.717, 1.165) is 12.0 Å². The van der Waals surface area contributed by atoms with Crippen LogP contribution < -0.4 is 14.4 Å². The van der Waals surface area contributed by atoms with Gasteiger partial charge in [-0.05, 0) is 36.8 Å². The first-order chi connectivity index (χ1) is 14.0. The molecule has 0 bridgehead atoms. The molecule has 0 spiro atoms. The van der Waals surface area contributed by atoms with Crippen molar-refractivity contribution in [3.63, 3.8) is 0 Å². The minimum Gasteiger partial charge on any atom is -0.482 e. The Morgan fingerprint density at radius 2 is 2.00 bits per heavy atom. The van der Waals surface area contributed by atoms with E-state index in [1.54, 1.807) is 28.5 Å². The molecule has 0 saturated carbocycles. The number of thiazole rings is 1. The van der Waals surface area contributed by atoms with Crippen LogP contribution in [0.4, 0.5) is 10.8 Å². The Bertz CT molecular complexity index is 1140. The smallest absolute Gasteiger partial charge is 0.265 e. The van der Waals surface area contributed by atoms with Crippen molar-refractivity contribution in [2.75, 3.05) is 22.8 Å². The molecule has 4 rings (SSSR count). The third-order valence-corrected chi connectivity index (χ3v) is 6.67. The molecule has 0 atom stereocenters. The van der Waals surface area contributed by atoms with Gasteiger partial charge >= 0.3 is 0 Å². The number of carbonyl (C=O) groups is 1. The molecule has 1 aromatic heterocycles. The van der Waals surface area contributed by atoms with Gasteiger partial charge in [-0.2, -0.15) is 0 Å². The van der Waals surface area contributed by atoms with Crippen LogP contribution in [0.3, 0.4) is 0 Å². The third-order valence-electron chi connectivity index (χ3n) is 4.42. The Hall–Kier alpha value is -2.91. The summed E-state index contributed by atoms with van der Waals surface area (Å²) in [5.41, 5.74) is 2.11. The molecule has 150 valence electrons. The van der Waals surface area contributed by atoms with Gasteiger partial charge in [-0.15, -0.1) is 11.3 Å². The molecular formula is C20H19N3O4S2. The van der Waals surface area contributed by atoms with Crippen molar-refractivity contribution < 1.29 is 17.9 Å². The molecule has 1 amide bonds. The molecule has 0 saturated heterocycles. The summed E-state index contributed by atoms with van der Waals surface area (Å²) in [4.78, 5) is 18.5. The van der Waals surface area contributed by atoms with E-state index in [9.17, 15) is 13.2 Å². The summed E-state index contributed by atoms with van der Waals surface area (Å²) in [6.07, 6.45) is 0.831. The van der Waals surface area contributed by atoms with Crippen molar-refractivity contribution in [2.45, 2.75) is 18.2 Å². The summed E-state index contributed by atoms with van der Waals surface area (Å²) >= 11 is 1.20. The minimum atomic E-state index is -3.69. The normalized spacial score (nSPS) is 13.7. The van der Waals surface area contributed by atoms with Gasteiger partial charge in [0.2, 0.25) is 0 Å². The van der Waals surface area contributed by atoms with Crippen molar-refractivity contribution in [2.24, 2.45) is 0 Å². The monoisotopic (exact) mass is 429 g/mol. The molecule has 0 unspecified atom stereocenters. The van der Waals surface area contributed by atoms with Gasteiger partial charge in [0.25, 0.3) is 15.9 Å². The highest BCUT2D eigenvalue weighted by atomic mass is 32.2. The summed E-state index contributed by atoms with van der Waals surface area (Å²) in [7, 11) is -3.69. The van der Waals surface area contributed by atoms with Crippen molar-refractivity contribution in [3.8, 4) is 17.0 Å². The number of benzene rings is 2. The molecular weight excluding hydrogens is 410 g/mol. The lowest BCUT2D eigenvalue weighted by Crippen LogP contribution is -2.39. The van der Waals surface area contributed by atoms with Crippen LogP contribution in [0.15, 0.2) is 58.8 Å². The predicted octanol–water partition coefficient (Wildman–Crippen LogP) is 3.75. The fourth-order valence-corrected chi connectivity index (χ4v) is 5.05. The van der Waals surface area contributed by atoms with Crippen LogP contribution in [0.5, 0.6) is 5.75 Å². The zero-order valence-corrected chi connectivity index (χ0v) is 17.3. The molecule has 0 aliphatic carbocycles. The average Bonchev–Trinajstić information content (AvgIpc) is 3.18. The lowest BCUT2D eigenvalue weighted by Gasteiger charge is -2.29. The number of ether oxygens (including phenoxy) is 1. The van der Waals surface area contributed by atoms with E-state index in [4.69, 9.17) is 4.74 Å². The Labute approximate surface area is 173 Å². The fraction of sp³-hybridized carbons (Fsp3) is 0.200. The Morgan fingerprint density at radius 1 is 1.21 bits per heavy atom. The minimum absolute atomic E-state index is 0.0362. The summed E-state index contributed by atoms with van der Waals surface area (Å²) in [6.45, 7) is 2.66. The number of rotatable bonds is 6. The molecule has 0 radical (unpaired) electrons. The van der Waals surface area contributed by atoms with E-state index in [0.29, 0.717) is 23.7 Å². The second-order valence-corrected chi connectivity index (χ2v) is 9.01. The summed E-state index contributed by atoms with van der Waals surface area (Å²) in [5, 5.41) is 2.06. The van der Waals surface area contributed by atoms with Crippen LogP contribution in [-0.4, -0.2) is 32.5 Å². The number of hydrogen-bond acceptors (Lipinski definition) is 6. The number of carbonyl (C=O) groups excluding carboxylic acids is 1. The summed E-state index contributed by atoms with van der Waals surface area (Å²) in [5.74, 6) is 0.577. The molecule has 3 aromatic rings. The molecule has 7 nitrogen and oxygen atoms in total. The Balaban J connectivity index is 1.61. The molecule has 1 aliphatic rings. The molecule has 0 fully saturated rings. The Kier molecular flexibility index (Phi) is 5.25. The number of aromatic nitrogens is 1. The second kappa shape index (κ2) is 7.84. The highest BCUT2D eigenvalue weighted by Crippen LogP contribution is 2.37. The first-order valence-electron chi connectivity index (χ1n) is 9.09. The molecule has 1 aliphatic heterocycles. The van der Waals surface area contributed by atoms with Crippen molar-refractivity contribution in [1.29, 1.82) is 0 Å². The Morgan fingerprint density at radius 3 is 2.76 bits per heavy atom. The molecule has 9 heteroatoms. The van der Waals surface area contributed by atoms with Crippen molar-refractivity contribution in [3.05, 3.63) is 53.9 Å². The molecule has 29 heavy (non-hydrogen) atoms. The second-order valence-electron chi connectivity index (χ2n) is 6.47. The molecule has 2 heterocycles. The maximum Gasteiger partial charge on any atom is 0.265 e. The van der Waals surface area contributed by atoms with E-state index in [1.807, 2.05) is 25.1 Å². The van der Waals surface area contributed by atoms with Gasteiger partial charge < -0.3 is 9.64 Å². The summed E-state index contributed by atoms with van der Waals surface area (Å²) < 4.78 is 33.0. The zero-order chi connectivity index (χ0) is 20.4. The van der Waals surface area contributed by atoms with E-state index in [2.05, 4.69) is 9.71 Å². The van der Waals surface area contributed by atoms with Crippen LogP contribution in [0.1, 0.15) is 13.3 Å². The number of anilines is 2. The van der Waals surface area contributed by atoms with Gasteiger partial charge in [0.15, 0.2) is 11.7 Å². The van der Waals surface area contributed by atoms with Gasteiger partial charge in [0.1, 0.15) is 5.75 Å². The lowest BCUT2D eigenvalue weighted by molar-refractivity contribution is -0.121. The van der Waals surface area contributed by atoms with Crippen LogP contribution in [0.2, 0.25) is 0 Å². The van der Waals surface area contributed by atoms with Gasteiger partial charge in [0.05, 0.1) is 16.3 Å². The standard InChI is InChI=1S/C20H19N3O4S2/c1-2-10-23-17-11-14(8-9-18(17)27-12-19(23)24)16-13-28-20(21-16)22-29(25,26)15-6-4-3-5-7-15/h3-9,11,13H,2,10,12H2,1H3,(H,21,22). The quantitative estimate of drug-likeness (QED) is 0.645. The SMILES string of the molecule is CCCN1C(=O)COc2ccc(-c3csc(NS(=O)(=O)c4ccccc4)n3)cc21. The van der Waals surface area contributed by atoms with Crippen LogP contribution >= 0.6 is 11.3 Å². The first kappa shape index (κ1) is 19.4. The van der Waals surface area contributed by atoms with Crippen molar-refractivity contribution in [1.82, 2.24) is 4.98 Å². The molecule has 1 N–H and O–H groups in total. The topological polar surface area (TPSA) is 88.6 Å². The van der Waals surface area contributed by atoms with Crippen LogP contribution in [0, 0.1) is 0 Å². The highest BCUT2D eigenvalue weighted by Gasteiger charge is 2.25. The number of nitrogens with zero attached hydrogens (tertiary/aromatic N) is 2. The lowest BCUT2D eigenvalue weighted by atomic mass is 10.1. The summed E-state index contributed by atoms with van der Waals surface area (Å²) in [6, 6.07) is 13.7. The van der Waals surface area contributed by atoms with Gasteiger partial charge in [-0.25, -0.2) is 13.4 Å². The van der Waals surface area contributed by atoms with E-state index < -0.39 is 10.0 Å². The average molecular weight is 430 g/mol. The zero-order valence-electron chi connectivity index (χ0n) is 15.7. The maximum absolute atomic E-state index is 12.5. The van der Waals surface area contributed by atoms with E-state index >= 15 is 0 Å². The van der Waals surface area contributed by atoms with Crippen molar-refractivity contribution >= 4 is 38.1 Å².